The first kappa shape index (κ1) is 26.6. The lowest BCUT2D eigenvalue weighted by molar-refractivity contribution is -0.150. The van der Waals surface area contributed by atoms with E-state index in [2.05, 4.69) is 29.2 Å². The van der Waals surface area contributed by atoms with E-state index >= 15 is 0 Å². The molecule has 2 atom stereocenters. The molecule has 1 amide bonds. The molecule has 1 unspecified atom stereocenters. The van der Waals surface area contributed by atoms with Crippen LogP contribution >= 0.6 is 0 Å². The Morgan fingerprint density at radius 1 is 0.971 bits per heavy atom. The van der Waals surface area contributed by atoms with Gasteiger partial charge in [-0.15, -0.1) is 0 Å². The molecule has 0 bridgehead atoms. The molecule has 1 heterocycles. The first-order valence-electron chi connectivity index (χ1n) is 13.9. The quantitative estimate of drug-likeness (QED) is 0.290. The molecular formula is C29H46N2O4. The molecule has 1 saturated heterocycles. The maximum Gasteiger partial charge on any atom is 0.225 e. The van der Waals surface area contributed by atoms with E-state index < -0.39 is 0 Å². The minimum atomic E-state index is -0.377. The van der Waals surface area contributed by atoms with E-state index in [0.29, 0.717) is 32.2 Å². The van der Waals surface area contributed by atoms with Crippen LogP contribution < -0.4 is 0 Å². The largest absolute Gasteiger partial charge is 0.381 e. The van der Waals surface area contributed by atoms with Crippen molar-refractivity contribution in [2.75, 3.05) is 53.6 Å². The maximum absolute atomic E-state index is 13.0. The molecule has 0 spiro atoms. The summed E-state index contributed by atoms with van der Waals surface area (Å²) in [5.74, 6) is 2.08. The fraction of sp³-hybridized carbons (Fsp3) is 0.759. The zero-order chi connectivity index (χ0) is 24.5. The van der Waals surface area contributed by atoms with E-state index in [1.807, 2.05) is 4.90 Å². The summed E-state index contributed by atoms with van der Waals surface area (Å²) in [5.41, 5.74) is 2.75. The predicted octanol–water partition coefficient (Wildman–Crippen LogP) is 4.30. The minimum absolute atomic E-state index is 0.143. The van der Waals surface area contributed by atoms with Crippen LogP contribution in [0.15, 0.2) is 24.3 Å². The summed E-state index contributed by atoms with van der Waals surface area (Å²) >= 11 is 0. The van der Waals surface area contributed by atoms with Gasteiger partial charge >= 0.3 is 0 Å². The van der Waals surface area contributed by atoms with Gasteiger partial charge in [0.05, 0.1) is 26.2 Å². The summed E-state index contributed by atoms with van der Waals surface area (Å²) < 4.78 is 16.6. The van der Waals surface area contributed by atoms with Gasteiger partial charge in [-0.1, -0.05) is 43.5 Å². The normalized spacial score (nSPS) is 22.8. The molecular weight excluding hydrogens is 440 g/mol. The summed E-state index contributed by atoms with van der Waals surface area (Å²) in [7, 11) is 3.25. The third-order valence-corrected chi connectivity index (χ3v) is 8.46. The van der Waals surface area contributed by atoms with Gasteiger partial charge in [0.15, 0.2) is 6.29 Å². The van der Waals surface area contributed by atoms with Crippen LogP contribution in [0.25, 0.3) is 0 Å². The van der Waals surface area contributed by atoms with Crippen molar-refractivity contribution in [1.82, 2.24) is 9.80 Å². The van der Waals surface area contributed by atoms with Crippen molar-refractivity contribution in [2.45, 2.75) is 76.5 Å². The van der Waals surface area contributed by atoms with Gasteiger partial charge in [-0.05, 0) is 61.5 Å². The molecule has 196 valence electrons. The van der Waals surface area contributed by atoms with Crippen LogP contribution in [0, 0.1) is 11.8 Å². The summed E-state index contributed by atoms with van der Waals surface area (Å²) in [5, 5.41) is 0. The first-order valence-corrected chi connectivity index (χ1v) is 13.9. The second kappa shape index (κ2) is 13.7. The number of likely N-dealkylation sites (tertiary alicyclic amines) is 1. The number of carbonyl (C=O) groups is 1. The average molecular weight is 487 g/mol. The molecule has 0 N–H and O–H groups in total. The van der Waals surface area contributed by atoms with Crippen LogP contribution in [0.2, 0.25) is 0 Å². The first-order chi connectivity index (χ1) is 17.2. The van der Waals surface area contributed by atoms with E-state index in [0.717, 1.165) is 37.5 Å². The Labute approximate surface area is 212 Å². The number of nitrogens with zero attached hydrogens (tertiary/aromatic N) is 2. The van der Waals surface area contributed by atoms with Gasteiger partial charge in [-0.25, -0.2) is 0 Å². The van der Waals surface area contributed by atoms with E-state index in [4.69, 9.17) is 14.2 Å². The van der Waals surface area contributed by atoms with E-state index in [1.54, 1.807) is 14.2 Å². The van der Waals surface area contributed by atoms with Gasteiger partial charge in [-0.3, -0.25) is 4.79 Å². The van der Waals surface area contributed by atoms with E-state index in [1.165, 1.54) is 62.9 Å². The number of hydrogen-bond donors (Lipinski definition) is 0. The molecule has 2 saturated carbocycles. The number of benzene rings is 1. The molecule has 3 fully saturated rings. The molecule has 6 heteroatoms. The zero-order valence-electron chi connectivity index (χ0n) is 22.0. The fourth-order valence-electron chi connectivity index (χ4n) is 6.41. The van der Waals surface area contributed by atoms with Crippen molar-refractivity contribution in [1.29, 1.82) is 0 Å². The van der Waals surface area contributed by atoms with Gasteiger partial charge in [0.2, 0.25) is 5.91 Å². The third kappa shape index (κ3) is 7.75. The lowest BCUT2D eigenvalue weighted by atomic mass is 10.0. The topological polar surface area (TPSA) is 51.2 Å². The molecule has 0 radical (unpaired) electrons. The van der Waals surface area contributed by atoms with Crippen molar-refractivity contribution in [2.24, 2.45) is 11.8 Å². The van der Waals surface area contributed by atoms with Crippen molar-refractivity contribution in [3.05, 3.63) is 35.4 Å². The molecule has 35 heavy (non-hydrogen) atoms. The van der Waals surface area contributed by atoms with Crippen LogP contribution in [0.1, 0.15) is 62.5 Å². The lowest BCUT2D eigenvalue weighted by Gasteiger charge is -2.31. The van der Waals surface area contributed by atoms with Gasteiger partial charge < -0.3 is 24.0 Å². The number of methoxy groups -OCH3 is 2. The van der Waals surface area contributed by atoms with Crippen LogP contribution in [-0.2, 0) is 31.8 Å². The Morgan fingerprint density at radius 3 is 2.34 bits per heavy atom. The van der Waals surface area contributed by atoms with Crippen molar-refractivity contribution in [3.63, 3.8) is 0 Å². The Balaban J connectivity index is 1.15. The molecule has 4 rings (SSSR count). The van der Waals surface area contributed by atoms with Gasteiger partial charge in [0.25, 0.3) is 0 Å². The highest BCUT2D eigenvalue weighted by Gasteiger charge is 2.35. The number of fused-ring (bicyclic) bond motifs is 1. The van der Waals surface area contributed by atoms with Crippen LogP contribution in [0.5, 0.6) is 0 Å². The number of ether oxygens (including phenoxy) is 3. The maximum atomic E-state index is 13.0. The van der Waals surface area contributed by atoms with Crippen molar-refractivity contribution in [3.8, 4) is 0 Å². The monoisotopic (exact) mass is 486 g/mol. The van der Waals surface area contributed by atoms with Crippen LogP contribution in [-0.4, -0.2) is 81.7 Å². The standard InChI is InChI=1S/C29H46N2O4/c1-33-29(34-2)22-31(27-11-3-4-12-27)28(32)15-18-35-17-14-24-8-5-7-23(19-24)13-16-30-20-25-9-6-10-26(25)21-30/h5,7-8,19,25-27,29H,3-4,6,9-18,20-22H2,1-2H3/t25-,26?/m1/s1. The summed E-state index contributed by atoms with van der Waals surface area (Å²) in [6.45, 7) is 5.40. The molecule has 1 aromatic rings. The van der Waals surface area contributed by atoms with Gasteiger partial charge in [0, 0.05) is 39.9 Å². The minimum Gasteiger partial charge on any atom is -0.381 e. The molecule has 0 aromatic heterocycles. The van der Waals surface area contributed by atoms with Crippen molar-refractivity contribution < 1.29 is 19.0 Å². The van der Waals surface area contributed by atoms with Gasteiger partial charge in [0.1, 0.15) is 0 Å². The molecule has 6 nitrogen and oxygen atoms in total. The zero-order valence-corrected chi connectivity index (χ0v) is 22.0. The summed E-state index contributed by atoms with van der Waals surface area (Å²) in [6.07, 6.45) is 10.9. The highest BCUT2D eigenvalue weighted by Crippen LogP contribution is 2.37. The summed E-state index contributed by atoms with van der Waals surface area (Å²) in [6, 6.07) is 9.26. The third-order valence-electron chi connectivity index (χ3n) is 8.46. The number of rotatable bonds is 14. The number of amides is 1. The van der Waals surface area contributed by atoms with Gasteiger partial charge in [-0.2, -0.15) is 0 Å². The predicted molar refractivity (Wildman–Crippen MR) is 138 cm³/mol. The van der Waals surface area contributed by atoms with E-state index in [9.17, 15) is 4.79 Å². The molecule has 1 aliphatic heterocycles. The summed E-state index contributed by atoms with van der Waals surface area (Å²) in [4.78, 5) is 17.6. The smallest absolute Gasteiger partial charge is 0.225 e. The Morgan fingerprint density at radius 2 is 1.66 bits per heavy atom. The average Bonchev–Trinajstić information content (AvgIpc) is 3.62. The lowest BCUT2D eigenvalue weighted by Crippen LogP contribution is -2.44. The van der Waals surface area contributed by atoms with Crippen molar-refractivity contribution >= 4 is 5.91 Å². The second-order valence-electron chi connectivity index (χ2n) is 10.8. The Kier molecular flexibility index (Phi) is 10.4. The Hall–Kier alpha value is -1.47. The second-order valence-corrected chi connectivity index (χ2v) is 10.8. The number of hydrogen-bond acceptors (Lipinski definition) is 5. The molecule has 1 aromatic carbocycles. The van der Waals surface area contributed by atoms with E-state index in [-0.39, 0.29) is 12.2 Å². The van der Waals surface area contributed by atoms with Crippen LogP contribution in [0.4, 0.5) is 0 Å². The van der Waals surface area contributed by atoms with Crippen LogP contribution in [0.3, 0.4) is 0 Å². The SMILES string of the molecule is COC(CN(C(=O)CCOCCc1cccc(CCN2CC3CCC[C@@H]3C2)c1)C1CCCC1)OC. The Bertz CT molecular complexity index is 766. The highest BCUT2D eigenvalue weighted by molar-refractivity contribution is 5.76. The molecule has 3 aliphatic rings. The highest BCUT2D eigenvalue weighted by atomic mass is 16.7. The fourth-order valence-corrected chi connectivity index (χ4v) is 6.41. The number of carbonyl (C=O) groups excluding carboxylic acids is 1. The molecule has 2 aliphatic carbocycles.